The number of hydrogen-bond donors (Lipinski definition) is 0. The Bertz CT molecular complexity index is 1320. The molecular weight excluding hydrogens is 490 g/mol. The minimum absolute atomic E-state index is 0.0240. The Morgan fingerprint density at radius 2 is 1.74 bits per heavy atom. The molecule has 0 atom stereocenters. The molecule has 3 aliphatic rings. The summed E-state index contributed by atoms with van der Waals surface area (Å²) in [6.45, 7) is 4.08. The number of halogens is 2. The highest BCUT2D eigenvalue weighted by atomic mass is 19.1. The van der Waals surface area contributed by atoms with Crippen LogP contribution in [-0.4, -0.2) is 61.2 Å². The zero-order valence-corrected chi connectivity index (χ0v) is 21.2. The molecule has 0 spiro atoms. The summed E-state index contributed by atoms with van der Waals surface area (Å²) in [6, 6.07) is 10.7. The zero-order valence-electron chi connectivity index (χ0n) is 21.2. The van der Waals surface area contributed by atoms with E-state index in [-0.39, 0.29) is 29.5 Å². The van der Waals surface area contributed by atoms with Crippen LogP contribution in [0.5, 0.6) is 5.75 Å². The van der Waals surface area contributed by atoms with Crippen LogP contribution in [-0.2, 0) is 11.2 Å². The zero-order chi connectivity index (χ0) is 26.1. The average molecular weight is 521 g/mol. The van der Waals surface area contributed by atoms with E-state index in [9.17, 15) is 9.18 Å². The molecule has 2 aliphatic heterocycles. The van der Waals surface area contributed by atoms with Crippen molar-refractivity contribution in [2.45, 2.75) is 38.1 Å². The third-order valence-corrected chi connectivity index (χ3v) is 7.63. The van der Waals surface area contributed by atoms with Crippen molar-refractivity contribution < 1.29 is 23.0 Å². The monoisotopic (exact) mass is 520 g/mol. The van der Waals surface area contributed by atoms with Gasteiger partial charge in [0.2, 0.25) is 0 Å². The van der Waals surface area contributed by atoms with Gasteiger partial charge >= 0.3 is 0 Å². The van der Waals surface area contributed by atoms with Crippen molar-refractivity contribution in [1.29, 1.82) is 0 Å². The molecule has 0 bridgehead atoms. The number of carbonyl (C=O) groups is 1. The first-order chi connectivity index (χ1) is 18.6. The summed E-state index contributed by atoms with van der Waals surface area (Å²) < 4.78 is 41.1. The first kappa shape index (κ1) is 24.7. The van der Waals surface area contributed by atoms with Gasteiger partial charge in [0.05, 0.1) is 38.1 Å². The Morgan fingerprint density at radius 1 is 0.974 bits per heavy atom. The number of ketones is 1. The van der Waals surface area contributed by atoms with E-state index in [1.807, 2.05) is 12.1 Å². The van der Waals surface area contributed by atoms with E-state index in [1.165, 1.54) is 6.07 Å². The summed E-state index contributed by atoms with van der Waals surface area (Å²) in [5.41, 5.74) is 2.48. The smallest absolute Gasteiger partial charge is 0.178 e. The molecule has 0 unspecified atom stereocenters. The van der Waals surface area contributed by atoms with Crippen LogP contribution in [0, 0.1) is 11.6 Å². The normalized spacial score (nSPS) is 17.8. The largest absolute Gasteiger partial charge is 0.486 e. The lowest BCUT2D eigenvalue weighted by Crippen LogP contribution is -2.40. The van der Waals surface area contributed by atoms with Crippen molar-refractivity contribution in [2.24, 2.45) is 0 Å². The highest BCUT2D eigenvalue weighted by Crippen LogP contribution is 2.41. The Balaban J connectivity index is 1.24. The molecule has 3 heterocycles. The second kappa shape index (κ2) is 10.6. The van der Waals surface area contributed by atoms with Gasteiger partial charge in [-0.3, -0.25) is 4.79 Å². The Labute approximate surface area is 220 Å². The summed E-state index contributed by atoms with van der Waals surface area (Å²) in [5, 5.41) is 0. The average Bonchev–Trinajstić information content (AvgIpc) is 3.49. The van der Waals surface area contributed by atoms with Gasteiger partial charge in [0.15, 0.2) is 23.2 Å². The number of morpholine rings is 1. The number of ether oxygens (including phenoxy) is 2. The third kappa shape index (κ3) is 4.95. The number of rotatable bonds is 6. The summed E-state index contributed by atoms with van der Waals surface area (Å²) in [5.74, 6) is -0.993. The molecule has 0 N–H and O–H groups in total. The van der Waals surface area contributed by atoms with Crippen LogP contribution in [0.1, 0.15) is 41.9 Å². The van der Waals surface area contributed by atoms with E-state index in [0.29, 0.717) is 49.2 Å². The number of benzene rings is 2. The lowest BCUT2D eigenvalue weighted by Gasteiger charge is -2.36. The standard InChI is InChI=1S/C29H30F2N4O3/c30-23-15-20(16-25-29(23)38-14-11-35(25)22-3-1-2-4-22)28-24(31)18-32-27(33-28)17-26(36)19-5-7-21(8-6-19)34-9-12-37-13-10-34/h5-8,15-16,18,22H,1-4,9-14,17H2. The van der Waals surface area contributed by atoms with Crippen molar-refractivity contribution in [3.8, 4) is 17.0 Å². The van der Waals surface area contributed by atoms with Gasteiger partial charge in [-0.15, -0.1) is 0 Å². The SMILES string of the molecule is O=C(Cc1ncc(F)c(-c2cc(F)c3c(c2)N(C2CCCC2)CCO3)n1)c1ccc(N2CCOCC2)cc1. The van der Waals surface area contributed by atoms with Gasteiger partial charge in [-0.05, 0) is 49.2 Å². The van der Waals surface area contributed by atoms with Crippen molar-refractivity contribution >= 4 is 17.2 Å². The molecule has 38 heavy (non-hydrogen) atoms. The minimum atomic E-state index is -0.667. The second-order valence-electron chi connectivity index (χ2n) is 10.0. The number of Topliss-reactive ketones (excluding diaryl/α,β-unsaturated/α-hetero) is 1. The molecule has 2 aromatic carbocycles. The predicted molar refractivity (Wildman–Crippen MR) is 140 cm³/mol. The quantitative estimate of drug-likeness (QED) is 0.432. The lowest BCUT2D eigenvalue weighted by molar-refractivity contribution is 0.0990. The Hall–Kier alpha value is -3.59. The van der Waals surface area contributed by atoms with Crippen LogP contribution in [0.3, 0.4) is 0 Å². The van der Waals surface area contributed by atoms with Crippen LogP contribution < -0.4 is 14.5 Å². The summed E-state index contributed by atoms with van der Waals surface area (Å²) in [4.78, 5) is 25.8. The molecule has 6 rings (SSSR count). The van der Waals surface area contributed by atoms with Gasteiger partial charge in [-0.1, -0.05) is 12.8 Å². The molecule has 0 amide bonds. The van der Waals surface area contributed by atoms with Gasteiger partial charge < -0.3 is 19.3 Å². The summed E-state index contributed by atoms with van der Waals surface area (Å²) in [6.07, 6.45) is 5.35. The number of anilines is 2. The van der Waals surface area contributed by atoms with E-state index < -0.39 is 11.6 Å². The molecule has 1 aromatic heterocycles. The molecule has 3 aromatic rings. The van der Waals surface area contributed by atoms with Crippen LogP contribution in [0.2, 0.25) is 0 Å². The summed E-state index contributed by atoms with van der Waals surface area (Å²) in [7, 11) is 0. The Kier molecular flexibility index (Phi) is 6.93. The van der Waals surface area contributed by atoms with Crippen LogP contribution in [0.4, 0.5) is 20.2 Å². The van der Waals surface area contributed by atoms with E-state index in [1.54, 1.807) is 18.2 Å². The number of fused-ring (bicyclic) bond motifs is 1. The maximum absolute atomic E-state index is 15.1. The highest BCUT2D eigenvalue weighted by Gasteiger charge is 2.30. The van der Waals surface area contributed by atoms with Crippen LogP contribution >= 0.6 is 0 Å². The van der Waals surface area contributed by atoms with Crippen molar-refractivity contribution in [3.05, 3.63) is 65.6 Å². The maximum atomic E-state index is 15.1. The van der Waals surface area contributed by atoms with E-state index in [0.717, 1.165) is 50.7 Å². The highest BCUT2D eigenvalue weighted by molar-refractivity contribution is 5.97. The number of carbonyl (C=O) groups excluding carboxylic acids is 1. The fourth-order valence-electron chi connectivity index (χ4n) is 5.65. The molecule has 2 fully saturated rings. The third-order valence-electron chi connectivity index (χ3n) is 7.63. The van der Waals surface area contributed by atoms with Gasteiger partial charge in [0.1, 0.15) is 18.1 Å². The van der Waals surface area contributed by atoms with E-state index in [4.69, 9.17) is 9.47 Å². The second-order valence-corrected chi connectivity index (χ2v) is 10.0. The molecule has 1 aliphatic carbocycles. The fraction of sp³-hybridized carbons (Fsp3) is 0.414. The minimum Gasteiger partial charge on any atom is -0.486 e. The molecular formula is C29H30F2N4O3. The van der Waals surface area contributed by atoms with E-state index in [2.05, 4.69) is 19.8 Å². The van der Waals surface area contributed by atoms with Crippen LogP contribution in [0.25, 0.3) is 11.3 Å². The van der Waals surface area contributed by atoms with Crippen molar-refractivity contribution in [2.75, 3.05) is 49.3 Å². The topological polar surface area (TPSA) is 67.8 Å². The number of nitrogens with zero attached hydrogens (tertiary/aromatic N) is 4. The predicted octanol–water partition coefficient (Wildman–Crippen LogP) is 4.83. The molecule has 198 valence electrons. The van der Waals surface area contributed by atoms with Crippen molar-refractivity contribution in [1.82, 2.24) is 9.97 Å². The number of aromatic nitrogens is 2. The molecule has 7 nitrogen and oxygen atoms in total. The number of hydrogen-bond acceptors (Lipinski definition) is 7. The lowest BCUT2D eigenvalue weighted by atomic mass is 10.0. The molecule has 0 radical (unpaired) electrons. The first-order valence-electron chi connectivity index (χ1n) is 13.3. The first-order valence-corrected chi connectivity index (χ1v) is 13.3. The molecule has 1 saturated carbocycles. The van der Waals surface area contributed by atoms with Gasteiger partial charge in [-0.2, -0.15) is 0 Å². The van der Waals surface area contributed by atoms with Crippen molar-refractivity contribution in [3.63, 3.8) is 0 Å². The van der Waals surface area contributed by atoms with E-state index >= 15 is 4.39 Å². The van der Waals surface area contributed by atoms with Gasteiger partial charge in [0.25, 0.3) is 0 Å². The van der Waals surface area contributed by atoms with Crippen LogP contribution in [0.15, 0.2) is 42.6 Å². The fourth-order valence-corrected chi connectivity index (χ4v) is 5.65. The maximum Gasteiger partial charge on any atom is 0.178 e. The molecule has 1 saturated heterocycles. The van der Waals surface area contributed by atoms with Gasteiger partial charge in [0, 0.05) is 35.9 Å². The summed E-state index contributed by atoms with van der Waals surface area (Å²) >= 11 is 0. The Morgan fingerprint density at radius 3 is 2.50 bits per heavy atom. The molecule has 9 heteroatoms. The van der Waals surface area contributed by atoms with Gasteiger partial charge in [-0.25, -0.2) is 18.7 Å².